The Labute approximate surface area is 193 Å². The van der Waals surface area contributed by atoms with Crippen molar-refractivity contribution in [2.24, 2.45) is 5.10 Å². The molecule has 0 aliphatic carbocycles. The second kappa shape index (κ2) is 12.0. The first-order valence-electron chi connectivity index (χ1n) is 10.6. The molecule has 33 heavy (non-hydrogen) atoms. The number of amides is 2. The van der Waals surface area contributed by atoms with Gasteiger partial charge in [0.15, 0.2) is 11.5 Å². The van der Waals surface area contributed by atoms with E-state index in [1.54, 1.807) is 25.3 Å². The molecular formula is C26H27N3O4. The highest BCUT2D eigenvalue weighted by Gasteiger charge is 2.11. The number of carbonyl (C=O) groups is 2. The summed E-state index contributed by atoms with van der Waals surface area (Å²) in [5.74, 6) is 0.249. The number of hydrogen-bond donors (Lipinski definition) is 2. The normalized spacial score (nSPS) is 10.6. The number of anilines is 1. The van der Waals surface area contributed by atoms with Crippen LogP contribution in [0.2, 0.25) is 0 Å². The smallest absolute Gasteiger partial charge is 0.249 e. The van der Waals surface area contributed by atoms with Gasteiger partial charge in [0.1, 0.15) is 13.0 Å². The van der Waals surface area contributed by atoms with Gasteiger partial charge in [0.25, 0.3) is 0 Å². The molecule has 0 fully saturated rings. The molecule has 170 valence electrons. The Morgan fingerprint density at radius 3 is 2.45 bits per heavy atom. The Morgan fingerprint density at radius 1 is 0.939 bits per heavy atom. The fraction of sp³-hybridized carbons (Fsp3) is 0.192. The van der Waals surface area contributed by atoms with Crippen LogP contribution in [-0.2, 0) is 22.6 Å². The van der Waals surface area contributed by atoms with Crippen LogP contribution in [0.4, 0.5) is 5.69 Å². The molecule has 0 saturated carbocycles. The quantitative estimate of drug-likeness (QED) is 0.276. The molecule has 2 amide bonds. The number of nitrogens with one attached hydrogen (secondary N) is 2. The zero-order chi connectivity index (χ0) is 23.5. The number of nitrogens with zero attached hydrogens (tertiary/aromatic N) is 1. The first-order chi connectivity index (χ1) is 16.1. The first kappa shape index (κ1) is 23.5. The van der Waals surface area contributed by atoms with Crippen LogP contribution in [0.15, 0.2) is 77.9 Å². The fourth-order valence-corrected chi connectivity index (χ4v) is 3.13. The number of carbonyl (C=O) groups excluding carboxylic acids is 2. The van der Waals surface area contributed by atoms with Crippen LogP contribution >= 0.6 is 0 Å². The van der Waals surface area contributed by atoms with E-state index in [9.17, 15) is 9.59 Å². The predicted molar refractivity (Wildman–Crippen MR) is 129 cm³/mol. The first-order valence-corrected chi connectivity index (χ1v) is 10.6. The summed E-state index contributed by atoms with van der Waals surface area (Å²) in [6.07, 6.45) is 1.93. The van der Waals surface area contributed by atoms with Crippen LogP contribution in [0, 0.1) is 0 Å². The molecule has 7 nitrogen and oxygen atoms in total. The van der Waals surface area contributed by atoms with Crippen LogP contribution in [0.25, 0.3) is 0 Å². The van der Waals surface area contributed by atoms with E-state index in [-0.39, 0.29) is 6.42 Å². The zero-order valence-electron chi connectivity index (χ0n) is 18.7. The molecule has 0 spiro atoms. The molecule has 3 aromatic rings. The van der Waals surface area contributed by atoms with Gasteiger partial charge in [0.05, 0.1) is 13.3 Å². The molecule has 7 heteroatoms. The van der Waals surface area contributed by atoms with Crippen molar-refractivity contribution >= 4 is 23.7 Å². The fourth-order valence-electron chi connectivity index (χ4n) is 3.13. The number of methoxy groups -OCH3 is 1. The van der Waals surface area contributed by atoms with Gasteiger partial charge in [-0.25, -0.2) is 5.43 Å². The Hall–Kier alpha value is -4.13. The maximum atomic E-state index is 12.2. The van der Waals surface area contributed by atoms with Gasteiger partial charge < -0.3 is 14.8 Å². The number of ether oxygens (including phenoxy) is 2. The molecule has 0 atom stereocenters. The van der Waals surface area contributed by atoms with E-state index in [1.807, 2.05) is 61.5 Å². The number of aryl methyl sites for hydroxylation is 1. The predicted octanol–water partition coefficient (Wildman–Crippen LogP) is 4.32. The van der Waals surface area contributed by atoms with Gasteiger partial charge >= 0.3 is 0 Å². The van der Waals surface area contributed by atoms with Gasteiger partial charge in [-0.2, -0.15) is 5.10 Å². The van der Waals surface area contributed by atoms with Gasteiger partial charge in [-0.15, -0.1) is 0 Å². The van der Waals surface area contributed by atoms with E-state index < -0.39 is 11.8 Å². The lowest BCUT2D eigenvalue weighted by Crippen LogP contribution is -2.25. The number of benzene rings is 3. The minimum Gasteiger partial charge on any atom is -0.493 e. The average Bonchev–Trinajstić information content (AvgIpc) is 2.84. The summed E-state index contributed by atoms with van der Waals surface area (Å²) in [5.41, 5.74) is 5.85. The Balaban J connectivity index is 1.51. The van der Waals surface area contributed by atoms with Crippen molar-refractivity contribution in [3.05, 3.63) is 89.5 Å². The van der Waals surface area contributed by atoms with Crippen LogP contribution in [0.3, 0.4) is 0 Å². The van der Waals surface area contributed by atoms with Crippen LogP contribution in [-0.4, -0.2) is 25.1 Å². The summed E-state index contributed by atoms with van der Waals surface area (Å²) in [4.78, 5) is 24.2. The third-order valence-corrected chi connectivity index (χ3v) is 4.82. The maximum Gasteiger partial charge on any atom is 0.249 e. The Bertz CT molecular complexity index is 1110. The van der Waals surface area contributed by atoms with E-state index >= 15 is 0 Å². The average molecular weight is 446 g/mol. The lowest BCUT2D eigenvalue weighted by Gasteiger charge is -2.11. The number of hydrazone groups is 1. The third-order valence-electron chi connectivity index (χ3n) is 4.82. The van der Waals surface area contributed by atoms with E-state index in [4.69, 9.17) is 9.47 Å². The third kappa shape index (κ3) is 7.21. The number of hydrogen-bond acceptors (Lipinski definition) is 5. The summed E-state index contributed by atoms with van der Waals surface area (Å²) in [6.45, 7) is 2.43. The van der Waals surface area contributed by atoms with Gasteiger partial charge in [-0.1, -0.05) is 55.5 Å². The molecule has 0 radical (unpaired) electrons. The second-order valence-electron chi connectivity index (χ2n) is 7.21. The molecule has 0 heterocycles. The van der Waals surface area contributed by atoms with E-state index in [0.717, 1.165) is 17.5 Å². The van der Waals surface area contributed by atoms with E-state index in [2.05, 4.69) is 15.8 Å². The zero-order valence-corrected chi connectivity index (χ0v) is 18.7. The Morgan fingerprint density at radius 2 is 1.70 bits per heavy atom. The van der Waals surface area contributed by atoms with Crippen molar-refractivity contribution in [2.45, 2.75) is 26.4 Å². The van der Waals surface area contributed by atoms with Crippen molar-refractivity contribution in [3.8, 4) is 11.5 Å². The maximum absolute atomic E-state index is 12.2. The minimum absolute atomic E-state index is 0.328. The highest BCUT2D eigenvalue weighted by atomic mass is 16.5. The molecule has 0 unspecified atom stereocenters. The highest BCUT2D eigenvalue weighted by molar-refractivity contribution is 6.04. The lowest BCUT2D eigenvalue weighted by molar-refractivity contribution is -0.126. The Kier molecular flexibility index (Phi) is 8.59. The van der Waals surface area contributed by atoms with Crippen molar-refractivity contribution in [3.63, 3.8) is 0 Å². The standard InChI is InChI=1S/C26H27N3O4/c1-3-21-11-7-8-12-22(21)28-25(30)16-26(31)29-27-17-20-13-14-23(24(15-20)32-2)33-18-19-9-5-4-6-10-19/h4-15,17H,3,16,18H2,1-2H3,(H,28,30)(H,29,31). The van der Waals surface area contributed by atoms with Crippen molar-refractivity contribution in [1.29, 1.82) is 0 Å². The van der Waals surface area contributed by atoms with Crippen molar-refractivity contribution in [2.75, 3.05) is 12.4 Å². The van der Waals surface area contributed by atoms with Crippen LogP contribution < -0.4 is 20.2 Å². The summed E-state index contributed by atoms with van der Waals surface area (Å²) >= 11 is 0. The molecule has 3 rings (SSSR count). The topological polar surface area (TPSA) is 89.0 Å². The summed E-state index contributed by atoms with van der Waals surface area (Å²) < 4.78 is 11.2. The lowest BCUT2D eigenvalue weighted by atomic mass is 10.1. The van der Waals surface area contributed by atoms with Gasteiger partial charge in [-0.05, 0) is 47.4 Å². The summed E-state index contributed by atoms with van der Waals surface area (Å²) in [7, 11) is 1.56. The van der Waals surface area contributed by atoms with Gasteiger partial charge in [0, 0.05) is 5.69 Å². The highest BCUT2D eigenvalue weighted by Crippen LogP contribution is 2.28. The monoisotopic (exact) mass is 445 g/mol. The number of para-hydroxylation sites is 1. The van der Waals surface area contributed by atoms with Crippen LogP contribution in [0.1, 0.15) is 30.0 Å². The summed E-state index contributed by atoms with van der Waals surface area (Å²) in [6, 6.07) is 22.7. The van der Waals surface area contributed by atoms with Crippen molar-refractivity contribution in [1.82, 2.24) is 5.43 Å². The summed E-state index contributed by atoms with van der Waals surface area (Å²) in [5, 5.41) is 6.70. The molecule has 0 aliphatic rings. The minimum atomic E-state index is -0.507. The molecule has 3 aromatic carbocycles. The van der Waals surface area contributed by atoms with Crippen molar-refractivity contribution < 1.29 is 19.1 Å². The van der Waals surface area contributed by atoms with Crippen LogP contribution in [0.5, 0.6) is 11.5 Å². The molecular weight excluding hydrogens is 418 g/mol. The largest absolute Gasteiger partial charge is 0.493 e. The van der Waals surface area contributed by atoms with Gasteiger partial charge in [-0.3, -0.25) is 9.59 Å². The molecule has 0 aromatic heterocycles. The molecule has 2 N–H and O–H groups in total. The van der Waals surface area contributed by atoms with Gasteiger partial charge in [0.2, 0.25) is 11.8 Å². The molecule has 0 aliphatic heterocycles. The second-order valence-corrected chi connectivity index (χ2v) is 7.21. The van der Waals surface area contributed by atoms with E-state index in [1.165, 1.54) is 6.21 Å². The molecule has 0 saturated heterocycles. The SMILES string of the molecule is CCc1ccccc1NC(=O)CC(=O)NN=Cc1ccc(OCc2ccccc2)c(OC)c1. The van der Waals surface area contributed by atoms with E-state index in [0.29, 0.717) is 29.4 Å². The number of rotatable bonds is 10. The molecule has 0 bridgehead atoms.